The number of nitrogens with zero attached hydrogens (tertiary/aromatic N) is 7. The molecule has 2 saturated heterocycles. The summed E-state index contributed by atoms with van der Waals surface area (Å²) in [6.07, 6.45) is 9.27. The largest absolute Gasteiger partial charge is 0.365 e. The summed E-state index contributed by atoms with van der Waals surface area (Å²) in [5, 5.41) is 1.05. The summed E-state index contributed by atoms with van der Waals surface area (Å²) in [4.78, 5) is 24.5. The number of rotatable bonds is 5. The van der Waals surface area contributed by atoms with Gasteiger partial charge in [0.25, 0.3) is 0 Å². The van der Waals surface area contributed by atoms with Gasteiger partial charge in [-0.2, -0.15) is 0 Å². The minimum absolute atomic E-state index is 0.257. The van der Waals surface area contributed by atoms with Crippen molar-refractivity contribution in [2.75, 3.05) is 62.2 Å². The summed E-state index contributed by atoms with van der Waals surface area (Å²) in [5.41, 5.74) is 0.884. The molecule has 0 saturated carbocycles. The molecule has 8 nitrogen and oxygen atoms in total. The smallest absolute Gasteiger partial charge is 0.139 e. The molecular formula is C25H29N7O. The molecule has 3 aromatic heterocycles. The van der Waals surface area contributed by atoms with Crippen molar-refractivity contribution in [3.05, 3.63) is 49.2 Å². The van der Waals surface area contributed by atoms with Gasteiger partial charge in [0, 0.05) is 57.0 Å². The van der Waals surface area contributed by atoms with Gasteiger partial charge in [0.15, 0.2) is 0 Å². The molecule has 0 amide bonds. The van der Waals surface area contributed by atoms with E-state index in [2.05, 4.69) is 52.5 Å². The zero-order chi connectivity index (χ0) is 22.3. The number of pyridine rings is 2. The van der Waals surface area contributed by atoms with Crippen LogP contribution in [0.4, 0.5) is 11.6 Å². The Morgan fingerprint density at radius 1 is 0.879 bits per heavy atom. The van der Waals surface area contributed by atoms with Crippen LogP contribution in [0, 0.1) is 11.8 Å². The summed E-state index contributed by atoms with van der Waals surface area (Å²) in [6, 6.07) is 8.06. The topological polar surface area (TPSA) is 70.5 Å². The Morgan fingerprint density at radius 3 is 2.58 bits per heavy atom. The number of hydrogen-bond acceptors (Lipinski definition) is 8. The highest BCUT2D eigenvalue weighted by Crippen LogP contribution is 2.25. The van der Waals surface area contributed by atoms with Crippen LogP contribution in [0.3, 0.4) is 0 Å². The molecule has 0 atom stereocenters. The van der Waals surface area contributed by atoms with Gasteiger partial charge in [-0.1, -0.05) is 17.9 Å². The summed E-state index contributed by atoms with van der Waals surface area (Å²) in [5.74, 6) is 8.55. The van der Waals surface area contributed by atoms with E-state index < -0.39 is 0 Å². The Balaban J connectivity index is 1.02. The van der Waals surface area contributed by atoms with Crippen molar-refractivity contribution >= 4 is 22.5 Å². The highest BCUT2D eigenvalue weighted by molar-refractivity contribution is 5.88. The number of ether oxygens (including phenoxy) is 1. The summed E-state index contributed by atoms with van der Waals surface area (Å²) >= 11 is 0. The zero-order valence-electron chi connectivity index (χ0n) is 18.8. The molecule has 0 aliphatic carbocycles. The van der Waals surface area contributed by atoms with Gasteiger partial charge in [-0.15, -0.1) is 0 Å². The minimum Gasteiger partial charge on any atom is -0.365 e. The molecule has 5 heterocycles. The Bertz CT molecular complexity index is 1090. The van der Waals surface area contributed by atoms with Gasteiger partial charge in [-0.05, 0) is 31.0 Å². The Labute approximate surface area is 194 Å². The number of fused-ring (bicyclic) bond motifs is 1. The van der Waals surface area contributed by atoms with Crippen molar-refractivity contribution in [2.45, 2.75) is 18.9 Å². The fraction of sp³-hybridized carbons (Fsp3) is 0.440. The lowest BCUT2D eigenvalue weighted by Crippen LogP contribution is -2.46. The van der Waals surface area contributed by atoms with Crippen LogP contribution in [0.5, 0.6) is 0 Å². The first-order valence-electron chi connectivity index (χ1n) is 11.6. The Morgan fingerprint density at radius 2 is 1.76 bits per heavy atom. The van der Waals surface area contributed by atoms with Crippen LogP contribution >= 0.6 is 0 Å². The first-order chi connectivity index (χ1) is 16.4. The van der Waals surface area contributed by atoms with Crippen molar-refractivity contribution in [1.29, 1.82) is 0 Å². The first kappa shape index (κ1) is 21.6. The lowest BCUT2D eigenvalue weighted by molar-refractivity contribution is 0.0594. The van der Waals surface area contributed by atoms with Crippen LogP contribution in [-0.4, -0.2) is 83.4 Å². The number of anilines is 2. The number of piperazine rings is 1. The molecule has 33 heavy (non-hydrogen) atoms. The highest BCUT2D eigenvalue weighted by Gasteiger charge is 2.22. The third kappa shape index (κ3) is 5.38. The van der Waals surface area contributed by atoms with E-state index in [0.717, 1.165) is 81.2 Å². The molecule has 2 fully saturated rings. The SMILES string of the molecule is C(#CCN1CCN(c2ccccn2)CC1)COC1CCN(c2ncnc3cnccc23)CC1. The minimum atomic E-state index is 0.257. The lowest BCUT2D eigenvalue weighted by Gasteiger charge is -2.34. The number of piperidine rings is 1. The second-order valence-corrected chi connectivity index (χ2v) is 8.39. The van der Waals surface area contributed by atoms with Crippen molar-refractivity contribution in [1.82, 2.24) is 24.8 Å². The van der Waals surface area contributed by atoms with E-state index in [9.17, 15) is 0 Å². The number of hydrogen-bond donors (Lipinski definition) is 0. The molecule has 0 unspecified atom stereocenters. The molecule has 8 heteroatoms. The summed E-state index contributed by atoms with van der Waals surface area (Å²) in [7, 11) is 0. The predicted molar refractivity (Wildman–Crippen MR) is 129 cm³/mol. The molecule has 0 aromatic carbocycles. The van der Waals surface area contributed by atoms with Crippen molar-refractivity contribution in [2.24, 2.45) is 0 Å². The lowest BCUT2D eigenvalue weighted by atomic mass is 10.1. The monoisotopic (exact) mass is 443 g/mol. The highest BCUT2D eigenvalue weighted by atomic mass is 16.5. The van der Waals surface area contributed by atoms with Crippen molar-refractivity contribution in [3.63, 3.8) is 0 Å². The van der Waals surface area contributed by atoms with Crippen LogP contribution in [0.2, 0.25) is 0 Å². The number of aromatic nitrogens is 4. The third-order valence-corrected chi connectivity index (χ3v) is 6.32. The maximum absolute atomic E-state index is 6.04. The van der Waals surface area contributed by atoms with Gasteiger partial charge >= 0.3 is 0 Å². The average molecular weight is 444 g/mol. The van der Waals surface area contributed by atoms with Gasteiger partial charge in [0.05, 0.1) is 24.4 Å². The van der Waals surface area contributed by atoms with Gasteiger partial charge in [-0.25, -0.2) is 15.0 Å². The van der Waals surface area contributed by atoms with Gasteiger partial charge < -0.3 is 14.5 Å². The van der Waals surface area contributed by atoms with E-state index in [1.807, 2.05) is 24.4 Å². The quantitative estimate of drug-likeness (QED) is 0.556. The molecule has 2 aliphatic heterocycles. The summed E-state index contributed by atoms with van der Waals surface area (Å²) in [6.45, 7) is 7.16. The van der Waals surface area contributed by atoms with E-state index in [1.165, 1.54) is 0 Å². The van der Waals surface area contributed by atoms with E-state index >= 15 is 0 Å². The predicted octanol–water partition coefficient (Wildman–Crippen LogP) is 2.23. The average Bonchev–Trinajstić information content (AvgIpc) is 2.89. The van der Waals surface area contributed by atoms with Crippen LogP contribution in [0.1, 0.15) is 12.8 Å². The van der Waals surface area contributed by atoms with E-state index in [1.54, 1.807) is 18.7 Å². The Hall–Kier alpha value is -3.28. The molecule has 3 aromatic rings. The molecule has 0 bridgehead atoms. The van der Waals surface area contributed by atoms with Crippen LogP contribution in [-0.2, 0) is 4.74 Å². The molecule has 0 radical (unpaired) electrons. The molecule has 5 rings (SSSR count). The fourth-order valence-electron chi connectivity index (χ4n) is 4.43. The van der Waals surface area contributed by atoms with Crippen LogP contribution in [0.15, 0.2) is 49.2 Å². The standard InChI is InChI=1S/C25H29N7O/c1-2-9-27-24(5-1)31-16-14-30(15-17-31)11-3-4-18-33-21-7-12-32(13-8-21)25-22-6-10-26-19-23(22)28-20-29-25/h1-2,5-6,9-10,19-21H,7-8,11-18H2. The molecule has 0 N–H and O–H groups in total. The second-order valence-electron chi connectivity index (χ2n) is 8.39. The molecule has 0 spiro atoms. The molecular weight excluding hydrogens is 414 g/mol. The van der Waals surface area contributed by atoms with Gasteiger partial charge in [0.1, 0.15) is 24.6 Å². The van der Waals surface area contributed by atoms with Crippen LogP contribution < -0.4 is 9.80 Å². The van der Waals surface area contributed by atoms with E-state index in [0.29, 0.717) is 6.61 Å². The maximum atomic E-state index is 6.04. The Kier molecular flexibility index (Phi) is 6.90. The zero-order valence-corrected chi connectivity index (χ0v) is 18.8. The van der Waals surface area contributed by atoms with Crippen molar-refractivity contribution in [3.8, 4) is 11.8 Å². The third-order valence-electron chi connectivity index (χ3n) is 6.32. The second kappa shape index (κ2) is 10.6. The molecule has 170 valence electrons. The van der Waals surface area contributed by atoms with E-state index in [4.69, 9.17) is 4.74 Å². The summed E-state index contributed by atoms with van der Waals surface area (Å²) < 4.78 is 6.04. The normalized spacial score (nSPS) is 17.7. The van der Waals surface area contributed by atoms with Crippen LogP contribution in [0.25, 0.3) is 10.9 Å². The van der Waals surface area contributed by atoms with Gasteiger partial charge in [-0.3, -0.25) is 9.88 Å². The fourth-order valence-corrected chi connectivity index (χ4v) is 4.43. The van der Waals surface area contributed by atoms with Crippen molar-refractivity contribution < 1.29 is 4.74 Å². The maximum Gasteiger partial charge on any atom is 0.139 e. The molecule has 2 aliphatic rings. The van der Waals surface area contributed by atoms with Gasteiger partial charge in [0.2, 0.25) is 0 Å². The first-order valence-corrected chi connectivity index (χ1v) is 11.6. The van der Waals surface area contributed by atoms with E-state index in [-0.39, 0.29) is 6.10 Å².